The standard InChI is InChI=1S/C14H17N3S/c15-12-3-1-11(2-4-12)8-17(13-5-6-13)9-14-7-16-10-18-14/h1-4,7,10,13H,5-6,8-9,15H2. The van der Waals surface area contributed by atoms with Crippen molar-refractivity contribution in [3.8, 4) is 0 Å². The van der Waals surface area contributed by atoms with Crippen LogP contribution in [0.3, 0.4) is 0 Å². The van der Waals surface area contributed by atoms with Gasteiger partial charge < -0.3 is 5.73 Å². The zero-order valence-electron chi connectivity index (χ0n) is 10.2. The molecule has 2 N–H and O–H groups in total. The van der Waals surface area contributed by atoms with Gasteiger partial charge in [0, 0.05) is 35.9 Å². The number of aromatic nitrogens is 1. The van der Waals surface area contributed by atoms with E-state index in [4.69, 9.17) is 5.73 Å². The highest BCUT2D eigenvalue weighted by atomic mass is 32.1. The van der Waals surface area contributed by atoms with Crippen molar-refractivity contribution in [3.05, 3.63) is 46.4 Å². The third-order valence-electron chi connectivity index (χ3n) is 3.27. The van der Waals surface area contributed by atoms with Gasteiger partial charge in [0.2, 0.25) is 0 Å². The van der Waals surface area contributed by atoms with Gasteiger partial charge in [-0.25, -0.2) is 0 Å². The van der Waals surface area contributed by atoms with E-state index in [0.717, 1.165) is 24.8 Å². The smallest absolute Gasteiger partial charge is 0.0794 e. The predicted octanol–water partition coefficient (Wildman–Crippen LogP) is 2.89. The SMILES string of the molecule is Nc1ccc(CN(Cc2cncs2)C2CC2)cc1. The number of nitrogens with two attached hydrogens (primary N) is 1. The molecule has 4 heteroatoms. The first-order chi connectivity index (χ1) is 8.81. The van der Waals surface area contributed by atoms with Crippen LogP contribution in [0.4, 0.5) is 5.69 Å². The molecule has 3 rings (SSSR count). The zero-order valence-corrected chi connectivity index (χ0v) is 11.1. The largest absolute Gasteiger partial charge is 0.399 e. The molecule has 1 aromatic carbocycles. The molecule has 94 valence electrons. The van der Waals surface area contributed by atoms with Crippen molar-refractivity contribution in [3.63, 3.8) is 0 Å². The van der Waals surface area contributed by atoms with Crippen LogP contribution in [0.5, 0.6) is 0 Å². The van der Waals surface area contributed by atoms with Crippen LogP contribution < -0.4 is 5.73 Å². The number of hydrogen-bond acceptors (Lipinski definition) is 4. The normalized spacial score (nSPS) is 15.2. The van der Waals surface area contributed by atoms with E-state index < -0.39 is 0 Å². The fraction of sp³-hybridized carbons (Fsp3) is 0.357. The summed E-state index contributed by atoms with van der Waals surface area (Å²) in [5, 5.41) is 0. The van der Waals surface area contributed by atoms with E-state index in [1.807, 2.05) is 23.8 Å². The van der Waals surface area contributed by atoms with Crippen molar-refractivity contribution in [1.82, 2.24) is 9.88 Å². The summed E-state index contributed by atoms with van der Waals surface area (Å²) in [5.74, 6) is 0. The highest BCUT2D eigenvalue weighted by Crippen LogP contribution is 2.30. The summed E-state index contributed by atoms with van der Waals surface area (Å²) in [6.07, 6.45) is 4.63. The molecule has 1 saturated carbocycles. The maximum Gasteiger partial charge on any atom is 0.0794 e. The van der Waals surface area contributed by atoms with Crippen molar-refractivity contribution in [2.24, 2.45) is 0 Å². The molecule has 1 fully saturated rings. The van der Waals surface area contributed by atoms with Crippen LogP contribution in [0.1, 0.15) is 23.3 Å². The summed E-state index contributed by atoms with van der Waals surface area (Å²) in [6.45, 7) is 2.02. The number of nitrogen functional groups attached to an aromatic ring is 1. The third kappa shape index (κ3) is 2.89. The number of benzene rings is 1. The number of rotatable bonds is 5. The van der Waals surface area contributed by atoms with Crippen LogP contribution in [0.2, 0.25) is 0 Å². The van der Waals surface area contributed by atoms with Crippen LogP contribution >= 0.6 is 11.3 Å². The molecule has 0 unspecified atom stereocenters. The zero-order chi connectivity index (χ0) is 12.4. The molecule has 0 bridgehead atoms. The molecule has 0 amide bonds. The summed E-state index contributed by atoms with van der Waals surface area (Å²) < 4.78 is 0. The van der Waals surface area contributed by atoms with E-state index >= 15 is 0 Å². The first-order valence-electron chi connectivity index (χ1n) is 6.27. The second-order valence-electron chi connectivity index (χ2n) is 4.85. The van der Waals surface area contributed by atoms with Gasteiger partial charge in [0.15, 0.2) is 0 Å². The Hall–Kier alpha value is -1.39. The Morgan fingerprint density at radius 2 is 2.00 bits per heavy atom. The summed E-state index contributed by atoms with van der Waals surface area (Å²) in [6, 6.07) is 8.96. The minimum absolute atomic E-state index is 0.754. The maximum atomic E-state index is 5.72. The third-order valence-corrected chi connectivity index (χ3v) is 4.04. The number of anilines is 1. The molecule has 0 atom stereocenters. The molecule has 1 heterocycles. The lowest BCUT2D eigenvalue weighted by atomic mass is 10.2. The lowest BCUT2D eigenvalue weighted by molar-refractivity contribution is 0.248. The molecule has 2 aromatic rings. The average molecular weight is 259 g/mol. The quantitative estimate of drug-likeness (QED) is 0.840. The second-order valence-corrected chi connectivity index (χ2v) is 5.82. The van der Waals surface area contributed by atoms with Crippen LogP contribution in [-0.2, 0) is 13.1 Å². The molecule has 3 nitrogen and oxygen atoms in total. The topological polar surface area (TPSA) is 42.1 Å². The Bertz CT molecular complexity index is 488. The summed E-state index contributed by atoms with van der Waals surface area (Å²) in [4.78, 5) is 8.03. The van der Waals surface area contributed by atoms with E-state index in [2.05, 4.69) is 22.0 Å². The van der Waals surface area contributed by atoms with Crippen LogP contribution in [0.15, 0.2) is 36.0 Å². The first-order valence-corrected chi connectivity index (χ1v) is 7.15. The van der Waals surface area contributed by atoms with Gasteiger partial charge in [-0.1, -0.05) is 12.1 Å². The van der Waals surface area contributed by atoms with E-state index in [9.17, 15) is 0 Å². The van der Waals surface area contributed by atoms with Gasteiger partial charge in [-0.3, -0.25) is 9.88 Å². The van der Waals surface area contributed by atoms with Gasteiger partial charge >= 0.3 is 0 Å². The maximum absolute atomic E-state index is 5.72. The predicted molar refractivity (Wildman–Crippen MR) is 75.2 cm³/mol. The molecule has 18 heavy (non-hydrogen) atoms. The summed E-state index contributed by atoms with van der Waals surface area (Å²) in [7, 11) is 0. The minimum atomic E-state index is 0.754. The molecule has 1 aliphatic rings. The highest BCUT2D eigenvalue weighted by molar-refractivity contribution is 7.09. The Labute approximate surface area is 111 Å². The van der Waals surface area contributed by atoms with E-state index in [1.165, 1.54) is 23.3 Å². The Morgan fingerprint density at radius 3 is 2.61 bits per heavy atom. The lowest BCUT2D eigenvalue weighted by Gasteiger charge is -2.21. The molecule has 1 aromatic heterocycles. The van der Waals surface area contributed by atoms with E-state index in [-0.39, 0.29) is 0 Å². The number of nitrogens with zero attached hydrogens (tertiary/aromatic N) is 2. The minimum Gasteiger partial charge on any atom is -0.399 e. The van der Waals surface area contributed by atoms with Crippen LogP contribution in [0.25, 0.3) is 0 Å². The molecule has 0 saturated heterocycles. The lowest BCUT2D eigenvalue weighted by Crippen LogP contribution is -2.24. The number of hydrogen-bond donors (Lipinski definition) is 1. The Balaban J connectivity index is 1.68. The molecule has 1 aliphatic carbocycles. The van der Waals surface area contributed by atoms with Crippen molar-refractivity contribution >= 4 is 17.0 Å². The Kier molecular flexibility index (Phi) is 3.30. The number of thiazole rings is 1. The summed E-state index contributed by atoms with van der Waals surface area (Å²) in [5.41, 5.74) is 9.79. The van der Waals surface area contributed by atoms with Gasteiger partial charge in [0.05, 0.1) is 5.51 Å². The van der Waals surface area contributed by atoms with Gasteiger partial charge in [-0.05, 0) is 30.5 Å². The molecule has 0 aliphatic heterocycles. The Morgan fingerprint density at radius 1 is 1.22 bits per heavy atom. The fourth-order valence-electron chi connectivity index (χ4n) is 2.13. The van der Waals surface area contributed by atoms with Gasteiger partial charge in [-0.15, -0.1) is 11.3 Å². The summed E-state index contributed by atoms with van der Waals surface area (Å²) >= 11 is 1.74. The molecular weight excluding hydrogens is 242 g/mol. The highest BCUT2D eigenvalue weighted by Gasteiger charge is 2.29. The van der Waals surface area contributed by atoms with Crippen molar-refractivity contribution in [2.75, 3.05) is 5.73 Å². The van der Waals surface area contributed by atoms with Gasteiger partial charge in [0.1, 0.15) is 0 Å². The van der Waals surface area contributed by atoms with Gasteiger partial charge in [0.25, 0.3) is 0 Å². The average Bonchev–Trinajstić information content (AvgIpc) is 3.10. The second kappa shape index (κ2) is 5.08. The van der Waals surface area contributed by atoms with Gasteiger partial charge in [-0.2, -0.15) is 0 Å². The van der Waals surface area contributed by atoms with Crippen molar-refractivity contribution < 1.29 is 0 Å². The fourth-order valence-corrected chi connectivity index (χ4v) is 2.75. The monoisotopic (exact) mass is 259 g/mol. The first kappa shape index (κ1) is 11.7. The van der Waals surface area contributed by atoms with E-state index in [1.54, 1.807) is 11.3 Å². The van der Waals surface area contributed by atoms with Crippen LogP contribution in [0, 0.1) is 0 Å². The van der Waals surface area contributed by atoms with Crippen molar-refractivity contribution in [2.45, 2.75) is 32.0 Å². The molecule has 0 radical (unpaired) electrons. The van der Waals surface area contributed by atoms with Crippen molar-refractivity contribution in [1.29, 1.82) is 0 Å². The molecular formula is C14H17N3S. The van der Waals surface area contributed by atoms with Crippen LogP contribution in [-0.4, -0.2) is 15.9 Å². The molecule has 0 spiro atoms. The van der Waals surface area contributed by atoms with E-state index in [0.29, 0.717) is 0 Å².